The maximum absolute atomic E-state index is 10.9. The summed E-state index contributed by atoms with van der Waals surface area (Å²) in [6.45, 7) is 2.43. The normalized spacial score (nSPS) is 25.1. The van der Waals surface area contributed by atoms with E-state index in [0.717, 1.165) is 19.4 Å². The number of piperidine rings is 1. The first-order valence-corrected chi connectivity index (χ1v) is 5.81. The zero-order valence-corrected chi connectivity index (χ0v) is 9.57. The summed E-state index contributed by atoms with van der Waals surface area (Å²) in [5.41, 5.74) is 1.34. The van der Waals surface area contributed by atoms with Crippen molar-refractivity contribution in [3.8, 4) is 0 Å². The molecule has 0 aliphatic carbocycles. The molecule has 0 aromatic heterocycles. The molecule has 1 aromatic rings. The van der Waals surface area contributed by atoms with E-state index in [1.807, 2.05) is 6.07 Å². The number of benzene rings is 1. The SMILES string of the molecule is CC(=O)N[C@@H]1CC[C@@H](c2ccccc2)NC1. The third-order valence-electron chi connectivity index (χ3n) is 3.02. The van der Waals surface area contributed by atoms with Crippen molar-refractivity contribution in [2.24, 2.45) is 0 Å². The Morgan fingerprint density at radius 1 is 1.31 bits per heavy atom. The topological polar surface area (TPSA) is 41.1 Å². The van der Waals surface area contributed by atoms with Crippen molar-refractivity contribution in [3.05, 3.63) is 35.9 Å². The molecule has 0 unspecified atom stereocenters. The molecule has 2 atom stereocenters. The van der Waals surface area contributed by atoms with Gasteiger partial charge in [-0.1, -0.05) is 30.3 Å². The van der Waals surface area contributed by atoms with Crippen LogP contribution in [0.5, 0.6) is 0 Å². The fourth-order valence-electron chi connectivity index (χ4n) is 2.24. The van der Waals surface area contributed by atoms with Gasteiger partial charge in [-0.2, -0.15) is 0 Å². The Balaban J connectivity index is 1.88. The fraction of sp³-hybridized carbons (Fsp3) is 0.462. The highest BCUT2D eigenvalue weighted by Gasteiger charge is 2.21. The highest BCUT2D eigenvalue weighted by molar-refractivity contribution is 5.73. The van der Waals surface area contributed by atoms with Gasteiger partial charge >= 0.3 is 0 Å². The Bertz CT molecular complexity index is 342. The van der Waals surface area contributed by atoms with Crippen molar-refractivity contribution in [3.63, 3.8) is 0 Å². The van der Waals surface area contributed by atoms with Crippen molar-refractivity contribution >= 4 is 5.91 Å². The molecular formula is C13H18N2O. The van der Waals surface area contributed by atoms with Crippen LogP contribution in [0.3, 0.4) is 0 Å². The van der Waals surface area contributed by atoms with E-state index in [2.05, 4.69) is 34.9 Å². The summed E-state index contributed by atoms with van der Waals surface area (Å²) in [5.74, 6) is 0.0601. The minimum absolute atomic E-state index is 0.0601. The molecule has 1 aliphatic heterocycles. The van der Waals surface area contributed by atoms with E-state index in [9.17, 15) is 4.79 Å². The van der Waals surface area contributed by atoms with Gasteiger partial charge in [0.15, 0.2) is 0 Å². The van der Waals surface area contributed by atoms with Crippen molar-refractivity contribution < 1.29 is 4.79 Å². The molecule has 2 rings (SSSR count). The van der Waals surface area contributed by atoms with Crippen molar-refractivity contribution in [1.82, 2.24) is 10.6 Å². The quantitative estimate of drug-likeness (QED) is 0.792. The van der Waals surface area contributed by atoms with Crippen LogP contribution in [-0.2, 0) is 4.79 Å². The van der Waals surface area contributed by atoms with E-state index in [-0.39, 0.29) is 11.9 Å². The lowest BCUT2D eigenvalue weighted by molar-refractivity contribution is -0.119. The summed E-state index contributed by atoms with van der Waals surface area (Å²) in [7, 11) is 0. The fourth-order valence-corrected chi connectivity index (χ4v) is 2.24. The Kier molecular flexibility index (Phi) is 3.57. The molecule has 1 fully saturated rings. The predicted octanol–water partition coefficient (Wildman–Crippen LogP) is 1.62. The van der Waals surface area contributed by atoms with E-state index >= 15 is 0 Å². The van der Waals surface area contributed by atoms with Crippen LogP contribution in [-0.4, -0.2) is 18.5 Å². The number of hydrogen-bond donors (Lipinski definition) is 2. The summed E-state index contributed by atoms with van der Waals surface area (Å²) in [6, 6.07) is 11.2. The van der Waals surface area contributed by atoms with Gasteiger partial charge < -0.3 is 10.6 Å². The van der Waals surface area contributed by atoms with Gasteiger partial charge in [-0.25, -0.2) is 0 Å². The summed E-state index contributed by atoms with van der Waals surface area (Å²) in [4.78, 5) is 10.9. The van der Waals surface area contributed by atoms with E-state index in [4.69, 9.17) is 0 Å². The van der Waals surface area contributed by atoms with Gasteiger partial charge in [0.2, 0.25) is 5.91 Å². The van der Waals surface area contributed by atoms with Crippen LogP contribution in [0, 0.1) is 0 Å². The Hall–Kier alpha value is -1.35. The van der Waals surface area contributed by atoms with E-state index in [1.54, 1.807) is 6.92 Å². The third-order valence-corrected chi connectivity index (χ3v) is 3.02. The molecule has 16 heavy (non-hydrogen) atoms. The van der Waals surface area contributed by atoms with E-state index < -0.39 is 0 Å². The second kappa shape index (κ2) is 5.12. The number of hydrogen-bond acceptors (Lipinski definition) is 2. The second-order valence-corrected chi connectivity index (χ2v) is 4.35. The molecule has 2 N–H and O–H groups in total. The van der Waals surface area contributed by atoms with Crippen molar-refractivity contribution in [2.45, 2.75) is 31.8 Å². The highest BCUT2D eigenvalue weighted by atomic mass is 16.1. The van der Waals surface area contributed by atoms with Gasteiger partial charge in [0, 0.05) is 25.6 Å². The summed E-state index contributed by atoms with van der Waals surface area (Å²) >= 11 is 0. The molecule has 1 heterocycles. The Morgan fingerprint density at radius 3 is 2.62 bits per heavy atom. The number of nitrogens with one attached hydrogen (secondary N) is 2. The van der Waals surface area contributed by atoms with Gasteiger partial charge in [-0.05, 0) is 18.4 Å². The van der Waals surface area contributed by atoms with Gasteiger partial charge in [0.25, 0.3) is 0 Å². The molecular weight excluding hydrogens is 200 g/mol. The molecule has 3 heteroatoms. The van der Waals surface area contributed by atoms with Crippen LogP contribution in [0.25, 0.3) is 0 Å². The predicted molar refractivity (Wildman–Crippen MR) is 64.0 cm³/mol. The smallest absolute Gasteiger partial charge is 0.217 e. The van der Waals surface area contributed by atoms with Gasteiger partial charge in [-0.3, -0.25) is 4.79 Å². The summed E-state index contributed by atoms with van der Waals surface area (Å²) in [6.07, 6.45) is 2.13. The first kappa shape index (κ1) is 11.1. The van der Waals surface area contributed by atoms with Crippen LogP contribution < -0.4 is 10.6 Å². The Labute approximate surface area is 96.2 Å². The maximum Gasteiger partial charge on any atom is 0.217 e. The second-order valence-electron chi connectivity index (χ2n) is 4.35. The molecule has 1 saturated heterocycles. The Morgan fingerprint density at radius 2 is 2.06 bits per heavy atom. The largest absolute Gasteiger partial charge is 0.352 e. The molecule has 0 bridgehead atoms. The zero-order valence-electron chi connectivity index (χ0n) is 9.57. The zero-order chi connectivity index (χ0) is 11.4. The number of carbonyl (C=O) groups excluding carboxylic acids is 1. The molecule has 86 valence electrons. The molecule has 1 amide bonds. The molecule has 0 saturated carbocycles. The lowest BCUT2D eigenvalue weighted by Gasteiger charge is -2.30. The van der Waals surface area contributed by atoms with Crippen LogP contribution in [0.1, 0.15) is 31.4 Å². The standard InChI is InChI=1S/C13H18N2O/c1-10(16)15-12-7-8-13(14-9-12)11-5-3-2-4-6-11/h2-6,12-14H,7-9H2,1H3,(H,15,16)/t12-,13+/m1/s1. The third kappa shape index (κ3) is 2.83. The highest BCUT2D eigenvalue weighted by Crippen LogP contribution is 2.22. The van der Waals surface area contributed by atoms with Gasteiger partial charge in [0.1, 0.15) is 0 Å². The summed E-state index contributed by atoms with van der Waals surface area (Å²) in [5, 5.41) is 6.43. The average Bonchev–Trinajstić information content (AvgIpc) is 2.30. The minimum atomic E-state index is 0.0601. The van der Waals surface area contributed by atoms with Crippen LogP contribution in [0.15, 0.2) is 30.3 Å². The number of carbonyl (C=O) groups is 1. The average molecular weight is 218 g/mol. The first-order valence-electron chi connectivity index (χ1n) is 5.81. The maximum atomic E-state index is 10.9. The number of rotatable bonds is 2. The van der Waals surface area contributed by atoms with E-state index in [0.29, 0.717) is 6.04 Å². The molecule has 1 aromatic carbocycles. The van der Waals surface area contributed by atoms with Crippen LogP contribution in [0.2, 0.25) is 0 Å². The molecule has 0 spiro atoms. The monoisotopic (exact) mass is 218 g/mol. The minimum Gasteiger partial charge on any atom is -0.352 e. The molecule has 1 aliphatic rings. The van der Waals surface area contributed by atoms with Crippen molar-refractivity contribution in [2.75, 3.05) is 6.54 Å². The number of amides is 1. The van der Waals surface area contributed by atoms with Crippen LogP contribution in [0.4, 0.5) is 0 Å². The lowest BCUT2D eigenvalue weighted by Crippen LogP contribution is -2.46. The van der Waals surface area contributed by atoms with E-state index in [1.165, 1.54) is 5.56 Å². The van der Waals surface area contributed by atoms with Gasteiger partial charge in [-0.15, -0.1) is 0 Å². The molecule has 3 nitrogen and oxygen atoms in total. The summed E-state index contributed by atoms with van der Waals surface area (Å²) < 4.78 is 0. The van der Waals surface area contributed by atoms with Gasteiger partial charge in [0.05, 0.1) is 0 Å². The van der Waals surface area contributed by atoms with Crippen molar-refractivity contribution in [1.29, 1.82) is 0 Å². The lowest BCUT2D eigenvalue weighted by atomic mass is 9.95. The molecule has 0 radical (unpaired) electrons. The van der Waals surface area contributed by atoms with Crippen LogP contribution >= 0.6 is 0 Å². The first-order chi connectivity index (χ1) is 7.75.